The Balaban J connectivity index is 3.37. The third-order valence-electron chi connectivity index (χ3n) is 0.996. The zero-order valence-corrected chi connectivity index (χ0v) is 5.83. The Kier molecular flexibility index (Phi) is 4.34. The van der Waals surface area contributed by atoms with Crippen LogP contribution in [0.25, 0.3) is 0 Å². The first-order valence-electron chi connectivity index (χ1n) is 3.02. The molecule has 0 saturated heterocycles. The maximum atomic E-state index is 10.3. The first-order valence-corrected chi connectivity index (χ1v) is 3.02. The summed E-state index contributed by atoms with van der Waals surface area (Å²) in [6.07, 6.45) is 4.65. The van der Waals surface area contributed by atoms with Crippen LogP contribution in [0.4, 0.5) is 0 Å². The third kappa shape index (κ3) is 3.93. The molecule has 0 unspecified atom stereocenters. The number of esters is 1. The summed E-state index contributed by atoms with van der Waals surface area (Å²) < 4.78 is 4.42. The van der Waals surface area contributed by atoms with Gasteiger partial charge in [-0.2, -0.15) is 0 Å². The largest absolute Gasteiger partial charge is 0.453 e. The van der Waals surface area contributed by atoms with E-state index in [-0.39, 0.29) is 6.61 Å². The quantitative estimate of drug-likeness (QED) is 0.341. The number of carbonyl (C=O) groups excluding carboxylic acids is 1. The third-order valence-corrected chi connectivity index (χ3v) is 0.996. The molecule has 0 amide bonds. The molecule has 0 saturated carbocycles. The van der Waals surface area contributed by atoms with Crippen LogP contribution in [-0.4, -0.2) is 23.8 Å². The predicted molar refractivity (Wildman–Crippen MR) is 36.1 cm³/mol. The van der Waals surface area contributed by atoms with Crippen LogP contribution >= 0.6 is 0 Å². The molecule has 0 aromatic heterocycles. The molecule has 0 fully saturated rings. The smallest absolute Gasteiger partial charge is 0.384 e. The van der Waals surface area contributed by atoms with Crippen LogP contribution in [-0.2, 0) is 9.53 Å². The van der Waals surface area contributed by atoms with Crippen molar-refractivity contribution in [3.63, 3.8) is 0 Å². The lowest BCUT2D eigenvalue weighted by atomic mass is 10.3. The zero-order chi connectivity index (χ0) is 7.98. The van der Waals surface area contributed by atoms with Crippen LogP contribution in [0.3, 0.4) is 0 Å². The van der Waals surface area contributed by atoms with Gasteiger partial charge in [0.1, 0.15) is 6.61 Å². The highest BCUT2D eigenvalue weighted by Crippen LogP contribution is 1.90. The summed E-state index contributed by atoms with van der Waals surface area (Å²) in [5, 5.41) is 8.86. The monoisotopic (exact) mass is 142 g/mol. The molecule has 0 aliphatic rings. The van der Waals surface area contributed by atoms with Crippen molar-refractivity contribution in [1.82, 2.24) is 0 Å². The summed E-state index contributed by atoms with van der Waals surface area (Å²) in [5.41, 5.74) is 0. The molecule has 0 aromatic rings. The average Bonchev–Trinajstić information content (AvgIpc) is 1.99. The second-order valence-corrected chi connectivity index (χ2v) is 1.80. The molecular weight excluding hydrogens is 132 g/mol. The predicted octanol–water partition coefficient (Wildman–Crippen LogP) is -0.0663. The van der Waals surface area contributed by atoms with Crippen molar-refractivity contribution in [3.05, 3.63) is 0 Å². The summed E-state index contributed by atoms with van der Waals surface area (Å²) in [6.45, 7) is 1.77. The molecule has 0 bridgehead atoms. The van der Waals surface area contributed by atoms with Crippen LogP contribution in [0.5, 0.6) is 0 Å². The van der Waals surface area contributed by atoms with Crippen molar-refractivity contribution >= 4 is 5.97 Å². The highest BCUT2D eigenvalue weighted by atomic mass is 16.5. The maximum Gasteiger partial charge on any atom is 0.384 e. The average molecular weight is 142 g/mol. The van der Waals surface area contributed by atoms with Crippen molar-refractivity contribution in [2.45, 2.75) is 19.4 Å². The number of ether oxygens (including phenoxy) is 1. The Bertz CT molecular complexity index is 145. The normalized spacial score (nSPS) is 11.7. The van der Waals surface area contributed by atoms with Gasteiger partial charge in [0.05, 0.1) is 6.10 Å². The van der Waals surface area contributed by atoms with E-state index in [2.05, 4.69) is 4.74 Å². The number of hydrogen-bond acceptors (Lipinski definition) is 3. The van der Waals surface area contributed by atoms with E-state index in [9.17, 15) is 4.79 Å². The SMILES string of the molecule is C#CC(=O)OC[C@@H](O)CC. The molecule has 0 radical (unpaired) electrons. The Labute approximate surface area is 60.0 Å². The Morgan fingerprint density at radius 3 is 2.90 bits per heavy atom. The van der Waals surface area contributed by atoms with Crippen molar-refractivity contribution in [2.75, 3.05) is 6.61 Å². The first kappa shape index (κ1) is 8.99. The fourth-order valence-electron chi connectivity index (χ4n) is 0.331. The van der Waals surface area contributed by atoms with E-state index in [0.717, 1.165) is 0 Å². The van der Waals surface area contributed by atoms with Crippen molar-refractivity contribution < 1.29 is 14.6 Å². The van der Waals surface area contributed by atoms with E-state index in [1.807, 2.05) is 0 Å². The summed E-state index contributed by atoms with van der Waals surface area (Å²) in [5.74, 6) is 1.04. The Hall–Kier alpha value is -1.01. The number of rotatable bonds is 3. The van der Waals surface area contributed by atoms with E-state index in [1.54, 1.807) is 12.8 Å². The standard InChI is InChI=1S/C7H10O3/c1-3-6(8)5-10-7(9)4-2/h2,6,8H,3,5H2,1H3/t6-/m0/s1. The molecule has 1 N–H and O–H groups in total. The van der Waals surface area contributed by atoms with Gasteiger partial charge in [0, 0.05) is 5.92 Å². The number of terminal acetylenes is 1. The molecule has 0 spiro atoms. The summed E-state index contributed by atoms with van der Waals surface area (Å²) in [7, 11) is 0. The maximum absolute atomic E-state index is 10.3. The van der Waals surface area contributed by atoms with Crippen LogP contribution < -0.4 is 0 Å². The van der Waals surface area contributed by atoms with E-state index in [4.69, 9.17) is 11.5 Å². The summed E-state index contributed by atoms with van der Waals surface area (Å²) >= 11 is 0. The van der Waals surface area contributed by atoms with Gasteiger partial charge < -0.3 is 9.84 Å². The molecular formula is C7H10O3. The summed E-state index contributed by atoms with van der Waals surface area (Å²) in [4.78, 5) is 10.3. The van der Waals surface area contributed by atoms with E-state index >= 15 is 0 Å². The zero-order valence-electron chi connectivity index (χ0n) is 5.83. The molecule has 3 heteroatoms. The number of aliphatic hydroxyl groups is 1. The number of carbonyl (C=O) groups is 1. The molecule has 0 rings (SSSR count). The van der Waals surface area contributed by atoms with Crippen LogP contribution in [0.2, 0.25) is 0 Å². The van der Waals surface area contributed by atoms with E-state index in [1.165, 1.54) is 0 Å². The second-order valence-electron chi connectivity index (χ2n) is 1.80. The van der Waals surface area contributed by atoms with Crippen LogP contribution in [0.15, 0.2) is 0 Å². The van der Waals surface area contributed by atoms with Gasteiger partial charge >= 0.3 is 5.97 Å². The minimum atomic E-state index is -0.729. The van der Waals surface area contributed by atoms with E-state index < -0.39 is 12.1 Å². The van der Waals surface area contributed by atoms with Gasteiger partial charge in [0.25, 0.3) is 0 Å². The second kappa shape index (κ2) is 4.83. The van der Waals surface area contributed by atoms with Gasteiger partial charge in [0.15, 0.2) is 0 Å². The Morgan fingerprint density at radius 1 is 1.90 bits per heavy atom. The topological polar surface area (TPSA) is 46.5 Å². The van der Waals surface area contributed by atoms with Crippen LogP contribution in [0.1, 0.15) is 13.3 Å². The van der Waals surface area contributed by atoms with Crippen molar-refractivity contribution in [3.8, 4) is 12.3 Å². The summed E-state index contributed by atoms with van der Waals surface area (Å²) in [6, 6.07) is 0. The lowest BCUT2D eigenvalue weighted by molar-refractivity contribution is -0.139. The molecule has 0 heterocycles. The number of aliphatic hydroxyl groups excluding tert-OH is 1. The van der Waals surface area contributed by atoms with Gasteiger partial charge in [-0.25, -0.2) is 4.79 Å². The molecule has 56 valence electrons. The molecule has 0 aromatic carbocycles. The Morgan fingerprint density at radius 2 is 2.50 bits per heavy atom. The lowest BCUT2D eigenvalue weighted by Crippen LogP contribution is -2.16. The van der Waals surface area contributed by atoms with Gasteiger partial charge in [-0.05, 0) is 6.42 Å². The molecule has 1 atom stereocenters. The first-order chi connectivity index (χ1) is 4.70. The molecule has 0 aliphatic heterocycles. The minimum Gasteiger partial charge on any atom is -0.453 e. The fraction of sp³-hybridized carbons (Fsp3) is 0.571. The van der Waals surface area contributed by atoms with Gasteiger partial charge in [-0.3, -0.25) is 0 Å². The van der Waals surface area contributed by atoms with E-state index in [0.29, 0.717) is 6.42 Å². The molecule has 0 aliphatic carbocycles. The van der Waals surface area contributed by atoms with Gasteiger partial charge in [-0.1, -0.05) is 6.92 Å². The lowest BCUT2D eigenvalue weighted by Gasteiger charge is -2.05. The van der Waals surface area contributed by atoms with Crippen LogP contribution in [0, 0.1) is 12.3 Å². The number of hydrogen-bond donors (Lipinski definition) is 1. The van der Waals surface area contributed by atoms with Crippen molar-refractivity contribution in [1.29, 1.82) is 0 Å². The highest BCUT2D eigenvalue weighted by molar-refractivity contribution is 5.87. The minimum absolute atomic E-state index is 0.0144. The van der Waals surface area contributed by atoms with Crippen molar-refractivity contribution in [2.24, 2.45) is 0 Å². The molecule has 10 heavy (non-hydrogen) atoms. The van der Waals surface area contributed by atoms with Gasteiger partial charge in [-0.15, -0.1) is 6.42 Å². The van der Waals surface area contributed by atoms with Gasteiger partial charge in [0.2, 0.25) is 0 Å². The molecule has 3 nitrogen and oxygen atoms in total. The highest BCUT2D eigenvalue weighted by Gasteiger charge is 2.02. The fourth-order valence-corrected chi connectivity index (χ4v) is 0.331.